The number of amides is 3. The van der Waals surface area contributed by atoms with Gasteiger partial charge in [0, 0.05) is 17.8 Å². The predicted octanol–water partition coefficient (Wildman–Crippen LogP) is 1.30. The molecule has 3 rings (SSSR count). The van der Waals surface area contributed by atoms with E-state index in [9.17, 15) is 22.4 Å². The molecule has 0 radical (unpaired) electrons. The van der Waals surface area contributed by atoms with E-state index in [0.717, 1.165) is 6.07 Å². The van der Waals surface area contributed by atoms with E-state index < -0.39 is 33.6 Å². The van der Waals surface area contributed by atoms with Gasteiger partial charge < -0.3 is 10.2 Å². The number of nitrogens with one attached hydrogen (secondary N) is 2. The van der Waals surface area contributed by atoms with E-state index in [2.05, 4.69) is 5.32 Å². The zero-order valence-corrected chi connectivity index (χ0v) is 16.3. The van der Waals surface area contributed by atoms with Gasteiger partial charge in [0.15, 0.2) is 9.84 Å². The van der Waals surface area contributed by atoms with Gasteiger partial charge in [-0.25, -0.2) is 23.4 Å². The third-order valence-electron chi connectivity index (χ3n) is 4.72. The molecule has 2 aromatic carbocycles. The molecule has 0 bridgehead atoms. The maximum Gasteiger partial charge on any atom is 0.322 e. The van der Waals surface area contributed by atoms with Crippen LogP contribution >= 0.6 is 0 Å². The molecular formula is C19H21FN4O4S. The van der Waals surface area contributed by atoms with Crippen LogP contribution in [0, 0.1) is 5.82 Å². The van der Waals surface area contributed by atoms with Gasteiger partial charge in [0.25, 0.3) is 5.91 Å². The van der Waals surface area contributed by atoms with Gasteiger partial charge in [-0.3, -0.25) is 10.2 Å². The summed E-state index contributed by atoms with van der Waals surface area (Å²) in [5.41, 5.74) is 2.75. The SMILES string of the molecule is NNC(=O)c1ccc(CC2CS(=O)(=O)CCN2C(=O)Nc2ccccc2)c(F)c1. The molecule has 29 heavy (non-hydrogen) atoms. The monoisotopic (exact) mass is 420 g/mol. The van der Waals surface area contributed by atoms with Crippen LogP contribution in [0.4, 0.5) is 14.9 Å². The van der Waals surface area contributed by atoms with Crippen LogP contribution in [-0.2, 0) is 16.3 Å². The molecule has 0 saturated carbocycles. The number of nitrogens with zero attached hydrogens (tertiary/aromatic N) is 1. The van der Waals surface area contributed by atoms with Crippen LogP contribution in [0.15, 0.2) is 48.5 Å². The molecule has 4 N–H and O–H groups in total. The number of urea groups is 1. The van der Waals surface area contributed by atoms with Gasteiger partial charge in [0.05, 0.1) is 17.5 Å². The number of benzene rings is 2. The van der Waals surface area contributed by atoms with E-state index >= 15 is 0 Å². The van der Waals surface area contributed by atoms with E-state index in [1.54, 1.807) is 24.3 Å². The lowest BCUT2D eigenvalue weighted by molar-refractivity contribution is 0.0953. The smallest absolute Gasteiger partial charge is 0.319 e. The molecule has 10 heteroatoms. The number of para-hydroxylation sites is 1. The first-order valence-electron chi connectivity index (χ1n) is 8.91. The molecule has 0 aromatic heterocycles. The third-order valence-corrected chi connectivity index (χ3v) is 6.42. The van der Waals surface area contributed by atoms with Crippen LogP contribution in [0.25, 0.3) is 0 Å². The lowest BCUT2D eigenvalue weighted by atomic mass is 10.0. The molecule has 1 aliphatic rings. The number of carbonyl (C=O) groups excluding carboxylic acids is 2. The summed E-state index contributed by atoms with van der Waals surface area (Å²) >= 11 is 0. The molecule has 0 aliphatic carbocycles. The molecular weight excluding hydrogens is 399 g/mol. The highest BCUT2D eigenvalue weighted by Gasteiger charge is 2.34. The highest BCUT2D eigenvalue weighted by molar-refractivity contribution is 7.91. The predicted molar refractivity (Wildman–Crippen MR) is 106 cm³/mol. The quantitative estimate of drug-likeness (QED) is 0.391. The summed E-state index contributed by atoms with van der Waals surface area (Å²) in [5, 5.41) is 2.73. The van der Waals surface area contributed by atoms with Crippen molar-refractivity contribution in [3.8, 4) is 0 Å². The van der Waals surface area contributed by atoms with E-state index in [-0.39, 0.29) is 35.6 Å². The summed E-state index contributed by atoms with van der Waals surface area (Å²) in [6.07, 6.45) is -0.00219. The van der Waals surface area contributed by atoms with Crippen LogP contribution in [0.5, 0.6) is 0 Å². The van der Waals surface area contributed by atoms with E-state index in [4.69, 9.17) is 5.84 Å². The van der Waals surface area contributed by atoms with Gasteiger partial charge in [-0.1, -0.05) is 24.3 Å². The number of hydrogen-bond acceptors (Lipinski definition) is 5. The first kappa shape index (κ1) is 20.7. The highest BCUT2D eigenvalue weighted by Crippen LogP contribution is 2.21. The molecule has 1 atom stereocenters. The van der Waals surface area contributed by atoms with Crippen molar-refractivity contribution in [3.63, 3.8) is 0 Å². The van der Waals surface area contributed by atoms with Gasteiger partial charge in [-0.15, -0.1) is 0 Å². The van der Waals surface area contributed by atoms with Gasteiger partial charge in [-0.2, -0.15) is 0 Å². The molecule has 154 valence electrons. The molecule has 1 unspecified atom stereocenters. The maximum absolute atomic E-state index is 14.5. The van der Waals surface area contributed by atoms with Gasteiger partial charge in [0.2, 0.25) is 0 Å². The summed E-state index contributed by atoms with van der Waals surface area (Å²) in [4.78, 5) is 25.6. The zero-order chi connectivity index (χ0) is 21.0. The number of carbonyl (C=O) groups is 2. The molecule has 1 saturated heterocycles. The van der Waals surface area contributed by atoms with Crippen molar-refractivity contribution in [2.75, 3.05) is 23.4 Å². The molecule has 0 spiro atoms. The second-order valence-electron chi connectivity index (χ2n) is 6.74. The Morgan fingerprint density at radius 3 is 2.55 bits per heavy atom. The number of anilines is 1. The third kappa shape index (κ3) is 5.09. The lowest BCUT2D eigenvalue weighted by Crippen LogP contribution is -2.53. The summed E-state index contributed by atoms with van der Waals surface area (Å²) in [6, 6.07) is 11.4. The number of halogens is 1. The van der Waals surface area contributed by atoms with Gasteiger partial charge >= 0.3 is 6.03 Å². The van der Waals surface area contributed by atoms with Crippen LogP contribution in [0.3, 0.4) is 0 Å². The van der Waals surface area contributed by atoms with Crippen LogP contribution < -0.4 is 16.6 Å². The number of hydrazine groups is 1. The Bertz CT molecular complexity index is 1010. The molecule has 1 heterocycles. The minimum absolute atomic E-state index is 0.00219. The van der Waals surface area contributed by atoms with Crippen LogP contribution in [0.1, 0.15) is 15.9 Å². The Kier molecular flexibility index (Phi) is 6.14. The summed E-state index contributed by atoms with van der Waals surface area (Å²) in [6.45, 7) is 0.0148. The largest absolute Gasteiger partial charge is 0.322 e. The second-order valence-corrected chi connectivity index (χ2v) is 8.97. The molecule has 2 aromatic rings. The number of hydrogen-bond donors (Lipinski definition) is 3. The fourth-order valence-electron chi connectivity index (χ4n) is 3.23. The zero-order valence-electron chi connectivity index (χ0n) is 15.5. The average molecular weight is 420 g/mol. The van der Waals surface area contributed by atoms with Crippen molar-refractivity contribution in [2.24, 2.45) is 5.84 Å². The summed E-state index contributed by atoms with van der Waals surface area (Å²) < 4.78 is 38.7. The lowest BCUT2D eigenvalue weighted by Gasteiger charge is -2.35. The standard InChI is InChI=1S/C19H21FN4O4S/c20-17-11-14(18(25)23-21)7-6-13(17)10-16-12-29(27,28)9-8-24(16)19(26)22-15-4-2-1-3-5-15/h1-7,11,16H,8-10,12,21H2,(H,22,26)(H,23,25). The van der Waals surface area contributed by atoms with E-state index in [1.165, 1.54) is 17.0 Å². The van der Waals surface area contributed by atoms with Crippen molar-refractivity contribution in [3.05, 3.63) is 65.5 Å². The number of nitrogen functional groups attached to an aromatic ring is 1. The van der Waals surface area contributed by atoms with E-state index in [0.29, 0.717) is 5.69 Å². The fraction of sp³-hybridized carbons (Fsp3) is 0.263. The highest BCUT2D eigenvalue weighted by atomic mass is 32.2. The van der Waals surface area contributed by atoms with Crippen molar-refractivity contribution < 1.29 is 22.4 Å². The maximum atomic E-state index is 14.5. The summed E-state index contributed by atoms with van der Waals surface area (Å²) in [7, 11) is -3.35. The van der Waals surface area contributed by atoms with E-state index in [1.807, 2.05) is 11.5 Å². The minimum atomic E-state index is -3.35. The Labute approximate surface area is 167 Å². The first-order valence-corrected chi connectivity index (χ1v) is 10.7. The minimum Gasteiger partial charge on any atom is -0.319 e. The number of rotatable bonds is 4. The van der Waals surface area contributed by atoms with Crippen molar-refractivity contribution >= 4 is 27.5 Å². The Hall–Kier alpha value is -2.98. The molecule has 8 nitrogen and oxygen atoms in total. The van der Waals surface area contributed by atoms with Crippen molar-refractivity contribution in [1.82, 2.24) is 10.3 Å². The van der Waals surface area contributed by atoms with Gasteiger partial charge in [0.1, 0.15) is 5.82 Å². The molecule has 3 amide bonds. The topological polar surface area (TPSA) is 122 Å². The van der Waals surface area contributed by atoms with Crippen LogP contribution in [0.2, 0.25) is 0 Å². The molecule has 1 fully saturated rings. The normalized spacial score (nSPS) is 18.1. The van der Waals surface area contributed by atoms with Crippen molar-refractivity contribution in [1.29, 1.82) is 0 Å². The Morgan fingerprint density at radius 2 is 1.90 bits per heavy atom. The van der Waals surface area contributed by atoms with Gasteiger partial charge in [-0.05, 0) is 36.2 Å². The van der Waals surface area contributed by atoms with Crippen LogP contribution in [-0.4, -0.2) is 49.3 Å². The molecule has 1 aliphatic heterocycles. The average Bonchev–Trinajstić information content (AvgIpc) is 2.69. The Balaban J connectivity index is 1.81. The van der Waals surface area contributed by atoms with Crippen molar-refractivity contribution in [2.45, 2.75) is 12.5 Å². The first-order chi connectivity index (χ1) is 13.8. The fourth-order valence-corrected chi connectivity index (χ4v) is 4.76. The number of sulfone groups is 1. The second kappa shape index (κ2) is 8.58. The summed E-state index contributed by atoms with van der Waals surface area (Å²) in [5.74, 6) is 3.32. The Morgan fingerprint density at radius 1 is 1.17 bits per heavy atom. The number of nitrogens with two attached hydrogens (primary N) is 1.